The fraction of sp³-hybridized carbons (Fsp3) is 0.118. The van der Waals surface area contributed by atoms with Crippen molar-refractivity contribution in [1.82, 2.24) is 10.2 Å². The van der Waals surface area contributed by atoms with Gasteiger partial charge in [-0.15, -0.1) is 10.2 Å². The predicted octanol–water partition coefficient (Wildman–Crippen LogP) is 3.20. The van der Waals surface area contributed by atoms with Gasteiger partial charge in [-0.2, -0.15) is 0 Å². The Balaban J connectivity index is 1.80. The van der Waals surface area contributed by atoms with E-state index in [-0.39, 0.29) is 5.22 Å². The van der Waals surface area contributed by atoms with Gasteiger partial charge in [0.25, 0.3) is 5.22 Å². The van der Waals surface area contributed by atoms with Crippen LogP contribution in [0.5, 0.6) is 5.75 Å². The van der Waals surface area contributed by atoms with E-state index in [4.69, 9.17) is 14.9 Å². The smallest absolute Gasteiger partial charge is 0.277 e. The number of thioether (sulfide) groups is 1. The second-order valence-electron chi connectivity index (χ2n) is 5.05. The fourth-order valence-electron chi connectivity index (χ4n) is 2.14. The third-order valence-corrected chi connectivity index (χ3v) is 4.50. The van der Waals surface area contributed by atoms with Gasteiger partial charge in [-0.1, -0.05) is 12.1 Å². The molecule has 6 nitrogen and oxygen atoms in total. The summed E-state index contributed by atoms with van der Waals surface area (Å²) in [5.41, 5.74) is 6.73. The molecule has 25 heavy (non-hydrogen) atoms. The molecule has 1 amide bonds. The third-order valence-electron chi connectivity index (χ3n) is 3.39. The summed E-state index contributed by atoms with van der Waals surface area (Å²) in [5, 5.41) is 7.34. The molecule has 128 valence electrons. The van der Waals surface area contributed by atoms with E-state index in [1.165, 1.54) is 24.3 Å². The fourth-order valence-corrected chi connectivity index (χ4v) is 2.96. The number of rotatable bonds is 6. The summed E-state index contributed by atoms with van der Waals surface area (Å²) in [5.74, 6) is 0.0489. The first-order chi connectivity index (χ1) is 12.1. The molecule has 0 fully saturated rings. The number of aromatic nitrogens is 2. The zero-order valence-electron chi connectivity index (χ0n) is 13.2. The second-order valence-corrected chi connectivity index (χ2v) is 6.11. The molecule has 2 N–H and O–H groups in total. The normalized spacial score (nSPS) is 11.9. The molecule has 1 atom stereocenters. The van der Waals surface area contributed by atoms with E-state index >= 15 is 0 Å². The maximum atomic E-state index is 13.1. The minimum absolute atomic E-state index is 0.193. The Hall–Kier alpha value is -2.87. The van der Waals surface area contributed by atoms with E-state index in [0.29, 0.717) is 17.2 Å². The highest BCUT2D eigenvalue weighted by molar-refractivity contribution is 8.00. The average Bonchev–Trinajstić information content (AvgIpc) is 3.09. The van der Waals surface area contributed by atoms with Crippen LogP contribution >= 0.6 is 11.8 Å². The first kappa shape index (κ1) is 17.0. The minimum Gasteiger partial charge on any atom is -0.497 e. The number of amides is 1. The van der Waals surface area contributed by atoms with Crippen molar-refractivity contribution in [3.63, 3.8) is 0 Å². The lowest BCUT2D eigenvalue weighted by atomic mass is 10.1. The van der Waals surface area contributed by atoms with E-state index in [1.807, 2.05) is 0 Å². The van der Waals surface area contributed by atoms with Crippen LogP contribution < -0.4 is 10.5 Å². The van der Waals surface area contributed by atoms with Crippen LogP contribution in [-0.2, 0) is 4.79 Å². The van der Waals surface area contributed by atoms with Crippen LogP contribution in [-0.4, -0.2) is 23.2 Å². The highest BCUT2D eigenvalue weighted by Crippen LogP contribution is 2.35. The number of carbonyl (C=O) groups is 1. The van der Waals surface area contributed by atoms with Crippen molar-refractivity contribution in [3.8, 4) is 17.2 Å². The number of primary amides is 1. The van der Waals surface area contributed by atoms with Crippen molar-refractivity contribution in [3.05, 3.63) is 59.9 Å². The van der Waals surface area contributed by atoms with Crippen molar-refractivity contribution >= 4 is 17.7 Å². The summed E-state index contributed by atoms with van der Waals surface area (Å²) < 4.78 is 23.7. The van der Waals surface area contributed by atoms with Gasteiger partial charge >= 0.3 is 0 Å². The highest BCUT2D eigenvalue weighted by atomic mass is 32.2. The number of methoxy groups -OCH3 is 1. The molecule has 0 unspecified atom stereocenters. The summed E-state index contributed by atoms with van der Waals surface area (Å²) in [7, 11) is 1.58. The third kappa shape index (κ3) is 3.97. The number of halogens is 1. The van der Waals surface area contributed by atoms with Gasteiger partial charge in [0.05, 0.1) is 7.11 Å². The molecule has 0 aliphatic carbocycles. The van der Waals surface area contributed by atoms with Crippen LogP contribution in [0.1, 0.15) is 10.8 Å². The van der Waals surface area contributed by atoms with Crippen LogP contribution in [0.15, 0.2) is 58.2 Å². The first-order valence-corrected chi connectivity index (χ1v) is 8.14. The van der Waals surface area contributed by atoms with Crippen LogP contribution in [0.2, 0.25) is 0 Å². The number of hydrogen-bond acceptors (Lipinski definition) is 6. The Morgan fingerprint density at radius 1 is 1.16 bits per heavy atom. The maximum absolute atomic E-state index is 13.1. The summed E-state index contributed by atoms with van der Waals surface area (Å²) >= 11 is 1.02. The number of nitrogens with zero attached hydrogens (tertiary/aromatic N) is 2. The molecule has 3 aromatic rings. The van der Waals surface area contributed by atoms with Gasteiger partial charge in [0.15, 0.2) is 0 Å². The Bertz CT molecular complexity index is 866. The van der Waals surface area contributed by atoms with E-state index in [1.54, 1.807) is 31.4 Å². The van der Waals surface area contributed by atoms with Gasteiger partial charge in [0, 0.05) is 5.56 Å². The molecule has 0 spiro atoms. The number of hydrogen-bond donors (Lipinski definition) is 1. The van der Waals surface area contributed by atoms with Gasteiger partial charge in [0.2, 0.25) is 11.8 Å². The standard InChI is InChI=1S/C17H14FN3O3S/c1-23-13-8-4-11(5-9-13)16-20-21-17(24-16)25-14(15(19)22)10-2-6-12(18)7-3-10/h2-9,14H,1H3,(H2,19,22)/t14-/m1/s1. The Morgan fingerprint density at radius 2 is 1.84 bits per heavy atom. The van der Waals surface area contributed by atoms with E-state index < -0.39 is 17.0 Å². The molecule has 0 saturated carbocycles. The Kier molecular flexibility index (Phi) is 4.99. The molecule has 0 bridgehead atoms. The van der Waals surface area contributed by atoms with E-state index in [9.17, 15) is 9.18 Å². The lowest BCUT2D eigenvalue weighted by Crippen LogP contribution is -2.18. The zero-order chi connectivity index (χ0) is 17.8. The summed E-state index contributed by atoms with van der Waals surface area (Å²) in [4.78, 5) is 11.7. The molecule has 3 rings (SSSR count). The lowest BCUT2D eigenvalue weighted by molar-refractivity contribution is -0.117. The van der Waals surface area contributed by atoms with E-state index in [2.05, 4.69) is 10.2 Å². The molecule has 0 aliphatic heterocycles. The van der Waals surface area contributed by atoms with Crippen LogP contribution in [0.3, 0.4) is 0 Å². The lowest BCUT2D eigenvalue weighted by Gasteiger charge is -2.10. The van der Waals surface area contributed by atoms with Gasteiger partial charge in [-0.05, 0) is 53.7 Å². The number of nitrogens with two attached hydrogens (primary N) is 1. The topological polar surface area (TPSA) is 91.2 Å². The van der Waals surface area contributed by atoms with Crippen molar-refractivity contribution in [2.45, 2.75) is 10.5 Å². The Labute approximate surface area is 147 Å². The second kappa shape index (κ2) is 7.35. The van der Waals surface area contributed by atoms with Crippen LogP contribution in [0.4, 0.5) is 4.39 Å². The SMILES string of the molecule is COc1ccc(-c2nnc(S[C@@H](C(N)=O)c3ccc(F)cc3)o2)cc1. The van der Waals surface area contributed by atoms with Crippen molar-refractivity contribution < 1.29 is 18.3 Å². The highest BCUT2D eigenvalue weighted by Gasteiger charge is 2.23. The molecule has 0 saturated heterocycles. The number of ether oxygens (including phenoxy) is 1. The number of carbonyl (C=O) groups excluding carboxylic acids is 1. The molecular formula is C17H14FN3O3S. The monoisotopic (exact) mass is 359 g/mol. The zero-order valence-corrected chi connectivity index (χ0v) is 14.0. The van der Waals surface area contributed by atoms with Crippen molar-refractivity contribution in [2.24, 2.45) is 5.73 Å². The van der Waals surface area contributed by atoms with E-state index in [0.717, 1.165) is 17.3 Å². The van der Waals surface area contributed by atoms with Crippen LogP contribution in [0.25, 0.3) is 11.5 Å². The van der Waals surface area contributed by atoms with Gasteiger partial charge in [0.1, 0.15) is 16.8 Å². The quantitative estimate of drug-likeness (QED) is 0.680. The largest absolute Gasteiger partial charge is 0.497 e. The molecule has 1 aromatic heterocycles. The summed E-state index contributed by atoms with van der Waals surface area (Å²) in [6.07, 6.45) is 0. The molecule has 0 aliphatic rings. The van der Waals surface area contributed by atoms with Gasteiger partial charge in [-0.25, -0.2) is 4.39 Å². The Morgan fingerprint density at radius 3 is 2.44 bits per heavy atom. The summed E-state index contributed by atoms with van der Waals surface area (Å²) in [6, 6.07) is 12.6. The average molecular weight is 359 g/mol. The van der Waals surface area contributed by atoms with Crippen LogP contribution in [0, 0.1) is 5.82 Å². The minimum atomic E-state index is -0.759. The molecule has 8 heteroatoms. The van der Waals surface area contributed by atoms with Gasteiger partial charge in [-0.3, -0.25) is 4.79 Å². The molecule has 0 radical (unpaired) electrons. The maximum Gasteiger partial charge on any atom is 0.277 e. The van der Waals surface area contributed by atoms with Crippen molar-refractivity contribution in [2.75, 3.05) is 7.11 Å². The molecule has 1 heterocycles. The number of benzene rings is 2. The van der Waals surface area contributed by atoms with Crippen molar-refractivity contribution in [1.29, 1.82) is 0 Å². The van der Waals surface area contributed by atoms with Gasteiger partial charge < -0.3 is 14.9 Å². The predicted molar refractivity (Wildman–Crippen MR) is 90.5 cm³/mol. The molecular weight excluding hydrogens is 345 g/mol. The summed E-state index contributed by atoms with van der Waals surface area (Å²) in [6.45, 7) is 0. The first-order valence-electron chi connectivity index (χ1n) is 7.26. The molecule has 2 aromatic carbocycles.